The van der Waals surface area contributed by atoms with Gasteiger partial charge in [0.15, 0.2) is 11.6 Å². The van der Waals surface area contributed by atoms with E-state index in [1.54, 1.807) is 7.11 Å². The molecule has 2 aromatic rings. The van der Waals surface area contributed by atoms with Crippen LogP contribution in [0.15, 0.2) is 35.1 Å². The number of nitrogen functional groups attached to an aromatic ring is 1. The highest BCUT2D eigenvalue weighted by Gasteiger charge is 2.08. The van der Waals surface area contributed by atoms with Crippen molar-refractivity contribution in [2.24, 2.45) is 0 Å². The van der Waals surface area contributed by atoms with Gasteiger partial charge in [0.2, 0.25) is 0 Å². The number of aromatic nitrogens is 2. The zero-order valence-corrected chi connectivity index (χ0v) is 12.6. The lowest BCUT2D eigenvalue weighted by atomic mass is 10.3. The normalized spacial score (nSPS) is 10.3. The fourth-order valence-electron chi connectivity index (χ4n) is 1.61. The van der Waals surface area contributed by atoms with Crippen LogP contribution in [-0.4, -0.2) is 30.2 Å². The second-order valence-corrected chi connectivity index (χ2v) is 4.96. The summed E-state index contributed by atoms with van der Waals surface area (Å²) in [6.45, 7) is 1.21. The summed E-state index contributed by atoms with van der Waals surface area (Å²) in [6, 6.07) is 7.76. The number of nitrogens with one attached hydrogen (secondary N) is 2. The summed E-state index contributed by atoms with van der Waals surface area (Å²) in [7, 11) is 1.64. The predicted octanol–water partition coefficient (Wildman–Crippen LogP) is 2.62. The molecule has 2 rings (SSSR count). The first-order valence-corrected chi connectivity index (χ1v) is 6.86. The molecule has 0 unspecified atom stereocenters. The molecule has 0 saturated carbocycles. The number of hydrogen-bond acceptors (Lipinski definition) is 6. The number of halogens is 1. The minimum absolute atomic E-state index is 0.476. The van der Waals surface area contributed by atoms with Gasteiger partial charge < -0.3 is 21.1 Å². The summed E-state index contributed by atoms with van der Waals surface area (Å²) in [6.07, 6.45) is 1.46. The quantitative estimate of drug-likeness (QED) is 0.702. The molecular formula is C13H16BrN5O. The largest absolute Gasteiger partial charge is 0.393 e. The molecule has 7 heteroatoms. The van der Waals surface area contributed by atoms with Crippen LogP contribution in [0.1, 0.15) is 0 Å². The van der Waals surface area contributed by atoms with Crippen molar-refractivity contribution in [2.45, 2.75) is 0 Å². The van der Waals surface area contributed by atoms with Gasteiger partial charge in [-0.25, -0.2) is 9.97 Å². The Balaban J connectivity index is 2.14. The first kappa shape index (κ1) is 14.5. The molecule has 0 atom stereocenters. The van der Waals surface area contributed by atoms with E-state index in [4.69, 9.17) is 10.5 Å². The topological polar surface area (TPSA) is 85.1 Å². The summed E-state index contributed by atoms with van der Waals surface area (Å²) in [5.74, 6) is 1.16. The van der Waals surface area contributed by atoms with Crippen LogP contribution < -0.4 is 16.4 Å². The lowest BCUT2D eigenvalue weighted by molar-refractivity contribution is 0.210. The Labute approximate surface area is 125 Å². The van der Waals surface area contributed by atoms with Crippen molar-refractivity contribution in [2.75, 3.05) is 36.6 Å². The first-order valence-electron chi connectivity index (χ1n) is 6.06. The van der Waals surface area contributed by atoms with Gasteiger partial charge in [-0.05, 0) is 18.2 Å². The van der Waals surface area contributed by atoms with E-state index >= 15 is 0 Å². The number of rotatable bonds is 6. The lowest BCUT2D eigenvalue weighted by Crippen LogP contribution is -2.12. The molecule has 0 amide bonds. The molecular weight excluding hydrogens is 322 g/mol. The molecule has 0 spiro atoms. The lowest BCUT2D eigenvalue weighted by Gasteiger charge is -2.12. The zero-order valence-electron chi connectivity index (χ0n) is 11.1. The third-order valence-corrected chi connectivity index (χ3v) is 3.06. The summed E-state index contributed by atoms with van der Waals surface area (Å²) in [5.41, 5.74) is 7.42. The number of methoxy groups -OCH3 is 1. The van der Waals surface area contributed by atoms with E-state index in [1.807, 2.05) is 24.3 Å². The van der Waals surface area contributed by atoms with Crippen LogP contribution in [0, 0.1) is 0 Å². The fourth-order valence-corrected chi connectivity index (χ4v) is 2.01. The van der Waals surface area contributed by atoms with Crippen molar-refractivity contribution in [3.8, 4) is 0 Å². The highest BCUT2D eigenvalue weighted by atomic mass is 79.9. The molecule has 20 heavy (non-hydrogen) atoms. The molecule has 0 bridgehead atoms. The van der Waals surface area contributed by atoms with Crippen molar-refractivity contribution < 1.29 is 4.74 Å². The maximum Gasteiger partial charge on any atom is 0.159 e. The minimum Gasteiger partial charge on any atom is -0.393 e. The van der Waals surface area contributed by atoms with Gasteiger partial charge in [0.1, 0.15) is 12.0 Å². The molecule has 1 aromatic heterocycles. The van der Waals surface area contributed by atoms with Gasteiger partial charge in [-0.1, -0.05) is 22.0 Å². The zero-order chi connectivity index (χ0) is 14.4. The van der Waals surface area contributed by atoms with Gasteiger partial charge in [-0.2, -0.15) is 0 Å². The van der Waals surface area contributed by atoms with Gasteiger partial charge >= 0.3 is 0 Å². The molecule has 0 saturated heterocycles. The maximum atomic E-state index is 6.05. The fraction of sp³-hybridized carbons (Fsp3) is 0.231. The summed E-state index contributed by atoms with van der Waals surface area (Å²) >= 11 is 3.42. The number of ether oxygens (including phenoxy) is 1. The van der Waals surface area contributed by atoms with Crippen LogP contribution in [0.2, 0.25) is 0 Å². The molecule has 0 aliphatic carbocycles. The molecule has 6 nitrogen and oxygen atoms in total. The van der Waals surface area contributed by atoms with Gasteiger partial charge in [-0.15, -0.1) is 0 Å². The Morgan fingerprint density at radius 3 is 2.85 bits per heavy atom. The van der Waals surface area contributed by atoms with Crippen molar-refractivity contribution in [3.63, 3.8) is 0 Å². The molecule has 0 radical (unpaired) electrons. The van der Waals surface area contributed by atoms with Gasteiger partial charge in [0.25, 0.3) is 0 Å². The Hall–Kier alpha value is -1.86. The number of hydrogen-bond donors (Lipinski definition) is 3. The number of nitrogens with zero attached hydrogens (tertiary/aromatic N) is 2. The minimum atomic E-state index is 0.476. The van der Waals surface area contributed by atoms with Crippen molar-refractivity contribution in [1.29, 1.82) is 0 Å². The van der Waals surface area contributed by atoms with E-state index < -0.39 is 0 Å². The van der Waals surface area contributed by atoms with E-state index in [9.17, 15) is 0 Å². The molecule has 0 aliphatic heterocycles. The van der Waals surface area contributed by atoms with E-state index in [-0.39, 0.29) is 0 Å². The highest BCUT2D eigenvalue weighted by molar-refractivity contribution is 9.10. The van der Waals surface area contributed by atoms with Crippen molar-refractivity contribution in [1.82, 2.24) is 9.97 Å². The average molecular weight is 338 g/mol. The third kappa shape index (κ3) is 3.82. The smallest absolute Gasteiger partial charge is 0.159 e. The van der Waals surface area contributed by atoms with Crippen LogP contribution in [0.5, 0.6) is 0 Å². The van der Waals surface area contributed by atoms with E-state index in [0.29, 0.717) is 30.5 Å². The molecule has 0 fully saturated rings. The number of benzene rings is 1. The Kier molecular flexibility index (Phi) is 5.14. The average Bonchev–Trinajstić information content (AvgIpc) is 2.43. The van der Waals surface area contributed by atoms with Crippen LogP contribution in [-0.2, 0) is 4.74 Å². The van der Waals surface area contributed by atoms with E-state index in [1.165, 1.54) is 6.33 Å². The van der Waals surface area contributed by atoms with E-state index in [2.05, 4.69) is 36.5 Å². The van der Waals surface area contributed by atoms with Crippen molar-refractivity contribution >= 4 is 38.9 Å². The monoisotopic (exact) mass is 337 g/mol. The standard InChI is InChI=1S/C13H16BrN5O/c1-20-6-5-16-12-11(15)13(18-8-17-12)19-10-4-2-3-9(14)7-10/h2-4,7-8H,5-6,15H2,1H3,(H2,16,17,18,19). The van der Waals surface area contributed by atoms with E-state index in [0.717, 1.165) is 10.2 Å². The summed E-state index contributed by atoms with van der Waals surface area (Å²) in [5, 5.41) is 6.27. The number of anilines is 4. The predicted molar refractivity (Wildman–Crippen MR) is 84.2 cm³/mol. The van der Waals surface area contributed by atoms with Crippen molar-refractivity contribution in [3.05, 3.63) is 35.1 Å². The molecule has 1 aromatic carbocycles. The highest BCUT2D eigenvalue weighted by Crippen LogP contribution is 2.26. The van der Waals surface area contributed by atoms with Gasteiger partial charge in [0, 0.05) is 23.8 Å². The van der Waals surface area contributed by atoms with Crippen LogP contribution in [0.25, 0.3) is 0 Å². The van der Waals surface area contributed by atoms with Crippen LogP contribution >= 0.6 is 15.9 Å². The molecule has 106 valence electrons. The molecule has 0 aliphatic rings. The summed E-state index contributed by atoms with van der Waals surface area (Å²) < 4.78 is 5.96. The SMILES string of the molecule is COCCNc1ncnc(Nc2cccc(Br)c2)c1N. The second-order valence-electron chi connectivity index (χ2n) is 4.04. The molecule has 4 N–H and O–H groups in total. The summed E-state index contributed by atoms with van der Waals surface area (Å²) in [4.78, 5) is 8.28. The van der Waals surface area contributed by atoms with Gasteiger partial charge in [-0.3, -0.25) is 0 Å². The maximum absolute atomic E-state index is 6.05. The first-order chi connectivity index (χ1) is 9.70. The number of nitrogens with two attached hydrogens (primary N) is 1. The Morgan fingerprint density at radius 2 is 2.10 bits per heavy atom. The Morgan fingerprint density at radius 1 is 1.30 bits per heavy atom. The second kappa shape index (κ2) is 7.06. The third-order valence-electron chi connectivity index (χ3n) is 2.57. The van der Waals surface area contributed by atoms with Gasteiger partial charge in [0.05, 0.1) is 6.61 Å². The Bertz CT molecular complexity index is 578. The van der Waals surface area contributed by atoms with Crippen LogP contribution in [0.3, 0.4) is 0 Å². The van der Waals surface area contributed by atoms with Crippen LogP contribution in [0.4, 0.5) is 23.0 Å². The molecule has 1 heterocycles.